The van der Waals surface area contributed by atoms with Crippen LogP contribution in [0.5, 0.6) is 0 Å². The first-order chi connectivity index (χ1) is 13.8. The molecule has 1 aromatic carbocycles. The minimum Gasteiger partial charge on any atom is -0.337 e. The molecule has 0 amide bonds. The van der Waals surface area contributed by atoms with Gasteiger partial charge in [-0.2, -0.15) is 10.2 Å². The molecule has 0 aliphatic carbocycles. The quantitative estimate of drug-likeness (QED) is 0.514. The number of aryl methyl sites for hydroxylation is 1. The number of fused-ring (bicyclic) bond motifs is 1. The largest absolute Gasteiger partial charge is 0.337 e. The Morgan fingerprint density at radius 2 is 1.86 bits per heavy atom. The van der Waals surface area contributed by atoms with Gasteiger partial charge >= 0.3 is 0 Å². The van der Waals surface area contributed by atoms with E-state index in [1.54, 1.807) is 17.1 Å². The van der Waals surface area contributed by atoms with Crippen LogP contribution in [-0.4, -0.2) is 33.9 Å². The molecule has 4 heterocycles. The number of nitrogens with one attached hydrogen (secondary N) is 1. The number of rotatable bonds is 5. The van der Waals surface area contributed by atoms with Crippen LogP contribution < -0.4 is 5.32 Å². The van der Waals surface area contributed by atoms with Crippen molar-refractivity contribution in [3.63, 3.8) is 0 Å². The first-order valence-corrected chi connectivity index (χ1v) is 8.91. The first-order valence-electron chi connectivity index (χ1n) is 8.91. The number of anilines is 2. The fraction of sp³-hybridized carbons (Fsp3) is 0.100. The summed E-state index contributed by atoms with van der Waals surface area (Å²) in [6.07, 6.45) is 13.0. The second kappa shape index (κ2) is 6.66. The summed E-state index contributed by atoms with van der Waals surface area (Å²) in [6.45, 7) is 0.746. The zero-order valence-corrected chi connectivity index (χ0v) is 15.3. The van der Waals surface area contributed by atoms with Gasteiger partial charge in [0, 0.05) is 49.3 Å². The van der Waals surface area contributed by atoms with E-state index in [9.17, 15) is 0 Å². The third-order valence-corrected chi connectivity index (χ3v) is 4.55. The zero-order chi connectivity index (χ0) is 18.9. The third kappa shape index (κ3) is 3.01. The number of hydrogen-bond acceptors (Lipinski definition) is 5. The molecule has 0 saturated heterocycles. The van der Waals surface area contributed by atoms with Crippen LogP contribution in [-0.2, 0) is 13.6 Å². The summed E-state index contributed by atoms with van der Waals surface area (Å²) in [5.74, 6) is 0.706. The summed E-state index contributed by atoms with van der Waals surface area (Å²) in [4.78, 5) is 9.03. The minimum absolute atomic E-state index is 0.706. The van der Waals surface area contributed by atoms with Gasteiger partial charge in [0.25, 0.3) is 0 Å². The average molecular weight is 370 g/mol. The summed E-state index contributed by atoms with van der Waals surface area (Å²) < 4.78 is 5.69. The first kappa shape index (κ1) is 16.2. The van der Waals surface area contributed by atoms with E-state index in [-0.39, 0.29) is 0 Å². The Hall–Kier alpha value is -3.94. The molecular weight excluding hydrogens is 352 g/mol. The van der Waals surface area contributed by atoms with Crippen LogP contribution in [0.4, 0.5) is 11.5 Å². The van der Waals surface area contributed by atoms with E-state index >= 15 is 0 Å². The average Bonchev–Trinajstić information content (AvgIpc) is 3.44. The van der Waals surface area contributed by atoms with Gasteiger partial charge in [0.15, 0.2) is 11.5 Å². The fourth-order valence-corrected chi connectivity index (χ4v) is 3.19. The van der Waals surface area contributed by atoms with E-state index < -0.39 is 0 Å². The van der Waals surface area contributed by atoms with Gasteiger partial charge in [-0.15, -0.1) is 0 Å². The van der Waals surface area contributed by atoms with Gasteiger partial charge in [-0.05, 0) is 23.8 Å². The van der Waals surface area contributed by atoms with Crippen LogP contribution in [0.25, 0.3) is 16.9 Å². The van der Waals surface area contributed by atoms with Crippen molar-refractivity contribution in [2.24, 2.45) is 7.05 Å². The van der Waals surface area contributed by atoms with Gasteiger partial charge in [-0.3, -0.25) is 13.8 Å². The molecule has 8 nitrogen and oxygen atoms in total. The molecule has 0 spiro atoms. The number of nitrogens with zero attached hydrogens (tertiary/aromatic N) is 7. The SMILES string of the molecule is Cn1cc(-c2cnc3c(Nc4ccc(Cn5cccn5)cc4)nccn23)cn1. The van der Waals surface area contributed by atoms with Gasteiger partial charge in [0.05, 0.1) is 24.6 Å². The highest BCUT2D eigenvalue weighted by Crippen LogP contribution is 2.25. The molecule has 5 aromatic rings. The summed E-state index contributed by atoms with van der Waals surface area (Å²) in [6, 6.07) is 10.2. The van der Waals surface area contributed by atoms with E-state index in [0.717, 1.165) is 29.1 Å². The van der Waals surface area contributed by atoms with Crippen LogP contribution in [0.15, 0.2) is 73.7 Å². The van der Waals surface area contributed by atoms with Crippen LogP contribution in [0.1, 0.15) is 5.56 Å². The molecule has 138 valence electrons. The highest BCUT2D eigenvalue weighted by Gasteiger charge is 2.11. The second-order valence-corrected chi connectivity index (χ2v) is 6.54. The monoisotopic (exact) mass is 370 g/mol. The second-order valence-electron chi connectivity index (χ2n) is 6.54. The minimum atomic E-state index is 0.706. The van der Waals surface area contributed by atoms with Crippen LogP contribution in [0.3, 0.4) is 0 Å². The molecule has 0 fully saturated rings. The zero-order valence-electron chi connectivity index (χ0n) is 15.3. The Labute approximate surface area is 161 Å². The van der Waals surface area contributed by atoms with E-state index in [1.165, 1.54) is 5.56 Å². The number of imidazole rings is 1. The predicted molar refractivity (Wildman–Crippen MR) is 106 cm³/mol. The molecule has 1 N–H and O–H groups in total. The van der Waals surface area contributed by atoms with E-state index in [2.05, 4.69) is 37.6 Å². The lowest BCUT2D eigenvalue weighted by Crippen LogP contribution is -2.01. The van der Waals surface area contributed by atoms with Crippen molar-refractivity contribution in [1.82, 2.24) is 33.9 Å². The lowest BCUT2D eigenvalue weighted by molar-refractivity contribution is 0.687. The molecule has 0 atom stereocenters. The normalized spacial score (nSPS) is 11.2. The Morgan fingerprint density at radius 3 is 2.61 bits per heavy atom. The Balaban J connectivity index is 1.41. The standard InChI is InChI=1S/C20H18N8/c1-26-14-16(11-24-26)18-12-22-20-19(21-8-10-28(18)20)25-17-5-3-15(4-6-17)13-27-9-2-7-23-27/h2-12,14H,13H2,1H3,(H,21,25). The highest BCUT2D eigenvalue weighted by atomic mass is 15.3. The molecule has 0 radical (unpaired) electrons. The number of aromatic nitrogens is 7. The van der Waals surface area contributed by atoms with Gasteiger partial charge in [-0.1, -0.05) is 12.1 Å². The van der Waals surface area contributed by atoms with Crippen LogP contribution in [0, 0.1) is 0 Å². The summed E-state index contributed by atoms with van der Waals surface area (Å²) in [5.41, 5.74) is 4.89. The summed E-state index contributed by atoms with van der Waals surface area (Å²) >= 11 is 0. The van der Waals surface area contributed by atoms with Gasteiger partial charge in [0.2, 0.25) is 0 Å². The van der Waals surface area contributed by atoms with Crippen molar-refractivity contribution in [2.75, 3.05) is 5.32 Å². The topological polar surface area (TPSA) is 77.9 Å². The Bertz CT molecular complexity index is 1220. The van der Waals surface area contributed by atoms with Crippen molar-refractivity contribution >= 4 is 17.2 Å². The molecule has 8 heteroatoms. The maximum Gasteiger partial charge on any atom is 0.180 e. The number of hydrogen-bond donors (Lipinski definition) is 1. The van der Waals surface area contributed by atoms with E-state index in [1.807, 2.05) is 65.3 Å². The Kier molecular flexibility index (Phi) is 3.86. The maximum absolute atomic E-state index is 4.56. The molecule has 0 aliphatic rings. The molecule has 0 bridgehead atoms. The molecular formula is C20H18N8. The van der Waals surface area contributed by atoms with Crippen molar-refractivity contribution in [3.05, 3.63) is 79.3 Å². The molecule has 28 heavy (non-hydrogen) atoms. The smallest absolute Gasteiger partial charge is 0.180 e. The number of benzene rings is 1. The lowest BCUT2D eigenvalue weighted by Gasteiger charge is -2.08. The molecule has 5 rings (SSSR count). The lowest BCUT2D eigenvalue weighted by atomic mass is 10.2. The van der Waals surface area contributed by atoms with Crippen LogP contribution >= 0.6 is 0 Å². The summed E-state index contributed by atoms with van der Waals surface area (Å²) in [7, 11) is 1.90. The van der Waals surface area contributed by atoms with Gasteiger partial charge in [0.1, 0.15) is 0 Å². The molecule has 0 unspecified atom stereocenters. The van der Waals surface area contributed by atoms with Crippen molar-refractivity contribution in [3.8, 4) is 11.3 Å². The third-order valence-electron chi connectivity index (χ3n) is 4.55. The van der Waals surface area contributed by atoms with Gasteiger partial charge < -0.3 is 5.32 Å². The van der Waals surface area contributed by atoms with Crippen molar-refractivity contribution < 1.29 is 0 Å². The molecule has 0 saturated carbocycles. The van der Waals surface area contributed by atoms with Crippen molar-refractivity contribution in [2.45, 2.75) is 6.54 Å². The Morgan fingerprint density at radius 1 is 0.964 bits per heavy atom. The maximum atomic E-state index is 4.56. The predicted octanol–water partition coefficient (Wildman–Crippen LogP) is 3.12. The summed E-state index contributed by atoms with van der Waals surface area (Å²) in [5, 5.41) is 11.8. The van der Waals surface area contributed by atoms with E-state index in [4.69, 9.17) is 0 Å². The van der Waals surface area contributed by atoms with Crippen LogP contribution in [0.2, 0.25) is 0 Å². The van der Waals surface area contributed by atoms with Gasteiger partial charge in [-0.25, -0.2) is 9.97 Å². The molecule has 4 aromatic heterocycles. The highest BCUT2D eigenvalue weighted by molar-refractivity contribution is 5.73. The van der Waals surface area contributed by atoms with Crippen molar-refractivity contribution in [1.29, 1.82) is 0 Å². The fourth-order valence-electron chi connectivity index (χ4n) is 3.19. The van der Waals surface area contributed by atoms with E-state index in [0.29, 0.717) is 5.82 Å². The molecule has 0 aliphatic heterocycles.